The van der Waals surface area contributed by atoms with Gasteiger partial charge in [0.25, 0.3) is 0 Å². The van der Waals surface area contributed by atoms with Gasteiger partial charge in [-0.1, -0.05) is 0 Å². The normalized spacial score (nSPS) is 19.0. The number of halogens is 1. The number of hydrogen-bond donors (Lipinski definition) is 2. The summed E-state index contributed by atoms with van der Waals surface area (Å²) in [5.74, 6) is 0.499. The van der Waals surface area contributed by atoms with Crippen molar-refractivity contribution in [2.45, 2.75) is 32.5 Å². The highest BCUT2D eigenvalue weighted by Crippen LogP contribution is 2.35. The molecule has 1 aliphatic carbocycles. The first kappa shape index (κ1) is 17.8. The molecule has 3 aromatic rings. The molecule has 1 saturated carbocycles. The average molecular weight is 391 g/mol. The van der Waals surface area contributed by atoms with Crippen LogP contribution in [0.2, 0.25) is 0 Å². The second-order valence-corrected chi connectivity index (χ2v) is 7.13. The molecule has 1 aliphatic rings. The van der Waals surface area contributed by atoms with Gasteiger partial charge in [-0.05, 0) is 25.8 Å². The van der Waals surface area contributed by atoms with Gasteiger partial charge in [-0.15, -0.1) is 16.4 Å². The number of amides is 1. The maximum atomic E-state index is 13.7. The molecule has 0 unspecified atom stereocenters. The number of H-pyrrole nitrogens is 1. The Kier molecular flexibility index (Phi) is 4.99. The van der Waals surface area contributed by atoms with Crippen LogP contribution in [0.3, 0.4) is 0 Å². The van der Waals surface area contributed by atoms with Crippen LogP contribution in [-0.4, -0.2) is 38.8 Å². The van der Waals surface area contributed by atoms with Crippen LogP contribution < -0.4 is 10.1 Å². The Balaban J connectivity index is 1.30. The monoisotopic (exact) mass is 391 g/mol. The van der Waals surface area contributed by atoms with Crippen LogP contribution in [-0.2, 0) is 16.1 Å². The van der Waals surface area contributed by atoms with Gasteiger partial charge in [0, 0.05) is 18.6 Å². The highest BCUT2D eigenvalue weighted by atomic mass is 32.1. The van der Waals surface area contributed by atoms with E-state index in [1.165, 1.54) is 23.5 Å². The molecule has 1 amide bonds. The molecule has 2 heterocycles. The molecule has 2 N–H and O–H groups in total. The minimum Gasteiger partial charge on any atom is -0.488 e. The molecule has 27 heavy (non-hydrogen) atoms. The van der Waals surface area contributed by atoms with Crippen molar-refractivity contribution in [2.75, 3.05) is 11.9 Å². The Morgan fingerprint density at radius 2 is 2.30 bits per heavy atom. The Morgan fingerprint density at radius 3 is 3.11 bits per heavy atom. The molecule has 10 heteroatoms. The van der Waals surface area contributed by atoms with E-state index in [2.05, 4.69) is 25.5 Å². The van der Waals surface area contributed by atoms with E-state index < -0.39 is 0 Å². The zero-order valence-corrected chi connectivity index (χ0v) is 15.4. The number of hydrogen-bond acceptors (Lipinski definition) is 7. The van der Waals surface area contributed by atoms with Crippen LogP contribution in [0.25, 0.3) is 10.2 Å². The predicted octanol–water partition coefficient (Wildman–Crippen LogP) is 2.89. The quantitative estimate of drug-likeness (QED) is 0.642. The van der Waals surface area contributed by atoms with Gasteiger partial charge in [0.15, 0.2) is 5.82 Å². The van der Waals surface area contributed by atoms with Crippen molar-refractivity contribution < 1.29 is 18.7 Å². The molecule has 0 aliphatic heterocycles. The minimum absolute atomic E-state index is 0.145. The molecule has 0 radical (unpaired) electrons. The van der Waals surface area contributed by atoms with Gasteiger partial charge < -0.3 is 9.47 Å². The van der Waals surface area contributed by atoms with Crippen molar-refractivity contribution in [1.29, 1.82) is 0 Å². The van der Waals surface area contributed by atoms with Gasteiger partial charge in [0.1, 0.15) is 29.8 Å². The molecule has 0 bridgehead atoms. The predicted molar refractivity (Wildman–Crippen MR) is 97.1 cm³/mol. The van der Waals surface area contributed by atoms with Crippen LogP contribution in [0.4, 0.5) is 10.3 Å². The number of thiazole rings is 1. The van der Waals surface area contributed by atoms with Crippen LogP contribution in [0.5, 0.6) is 5.75 Å². The first-order chi connectivity index (χ1) is 13.1. The lowest BCUT2D eigenvalue weighted by Crippen LogP contribution is -2.41. The fraction of sp³-hybridized carbons (Fsp3) is 0.412. The number of aromatic amines is 1. The summed E-state index contributed by atoms with van der Waals surface area (Å²) >= 11 is 1.36. The summed E-state index contributed by atoms with van der Waals surface area (Å²) in [5.41, 5.74) is 2.31. The largest absolute Gasteiger partial charge is 0.488 e. The lowest BCUT2D eigenvalue weighted by molar-refractivity contribution is -0.125. The standard InChI is InChI=1S/C17H18FN5O3S/c1-2-25-7-14-20-17(23-22-14)21-16(24)9-3-11(4-9)26-12-5-10(18)6-13-15(12)19-8-27-13/h5-6,8-9,11H,2-4,7H2,1H3,(H2,20,21,22,23,24)/t9-,11-. The summed E-state index contributed by atoms with van der Waals surface area (Å²) in [6, 6.07) is 2.77. The smallest absolute Gasteiger partial charge is 0.248 e. The summed E-state index contributed by atoms with van der Waals surface area (Å²) in [6.07, 6.45) is 0.946. The molecule has 142 valence electrons. The molecular weight excluding hydrogens is 373 g/mol. The summed E-state index contributed by atoms with van der Waals surface area (Å²) in [4.78, 5) is 20.7. The van der Waals surface area contributed by atoms with E-state index in [-0.39, 0.29) is 29.7 Å². The van der Waals surface area contributed by atoms with E-state index in [1.807, 2.05) is 6.92 Å². The zero-order valence-electron chi connectivity index (χ0n) is 14.6. The average Bonchev–Trinajstić information content (AvgIpc) is 3.24. The Hall–Kier alpha value is -2.59. The van der Waals surface area contributed by atoms with E-state index in [0.29, 0.717) is 43.1 Å². The van der Waals surface area contributed by atoms with E-state index in [4.69, 9.17) is 9.47 Å². The van der Waals surface area contributed by atoms with Crippen molar-refractivity contribution in [3.63, 3.8) is 0 Å². The lowest BCUT2D eigenvalue weighted by Gasteiger charge is -2.34. The van der Waals surface area contributed by atoms with E-state index >= 15 is 0 Å². The molecule has 0 saturated heterocycles. The Morgan fingerprint density at radius 1 is 1.44 bits per heavy atom. The third kappa shape index (κ3) is 3.91. The summed E-state index contributed by atoms with van der Waals surface area (Å²) in [6.45, 7) is 2.78. The Labute approximate surface area is 158 Å². The van der Waals surface area contributed by atoms with E-state index in [9.17, 15) is 9.18 Å². The Bertz CT molecular complexity index is 953. The summed E-state index contributed by atoms with van der Waals surface area (Å²) < 4.78 is 25.5. The second kappa shape index (κ2) is 7.57. The maximum absolute atomic E-state index is 13.7. The lowest BCUT2D eigenvalue weighted by atomic mass is 9.81. The van der Waals surface area contributed by atoms with Crippen molar-refractivity contribution >= 4 is 33.4 Å². The molecule has 8 nitrogen and oxygen atoms in total. The molecule has 2 aromatic heterocycles. The van der Waals surface area contributed by atoms with Crippen LogP contribution >= 0.6 is 11.3 Å². The van der Waals surface area contributed by atoms with Crippen molar-refractivity contribution in [3.05, 3.63) is 29.3 Å². The van der Waals surface area contributed by atoms with Crippen LogP contribution in [0, 0.1) is 11.7 Å². The topological polar surface area (TPSA) is 102 Å². The first-order valence-electron chi connectivity index (χ1n) is 8.61. The number of benzene rings is 1. The highest BCUT2D eigenvalue weighted by molar-refractivity contribution is 7.16. The molecule has 1 fully saturated rings. The van der Waals surface area contributed by atoms with Crippen molar-refractivity contribution in [1.82, 2.24) is 20.2 Å². The van der Waals surface area contributed by atoms with Crippen molar-refractivity contribution in [2.24, 2.45) is 5.92 Å². The summed E-state index contributed by atoms with van der Waals surface area (Å²) in [5, 5.41) is 9.35. The van der Waals surface area contributed by atoms with E-state index in [0.717, 1.165) is 4.70 Å². The first-order valence-corrected chi connectivity index (χ1v) is 9.49. The second-order valence-electron chi connectivity index (χ2n) is 6.24. The zero-order chi connectivity index (χ0) is 18.8. The molecule has 0 spiro atoms. The fourth-order valence-electron chi connectivity index (χ4n) is 2.88. The van der Waals surface area contributed by atoms with E-state index in [1.54, 1.807) is 5.51 Å². The highest BCUT2D eigenvalue weighted by Gasteiger charge is 2.37. The van der Waals surface area contributed by atoms with Crippen molar-refractivity contribution in [3.8, 4) is 5.75 Å². The number of nitrogens with one attached hydrogen (secondary N) is 2. The maximum Gasteiger partial charge on any atom is 0.248 e. The van der Waals surface area contributed by atoms with Gasteiger partial charge >= 0.3 is 0 Å². The SMILES string of the molecule is CCOCc1nc(NC(=O)[C@H]2C[C@H](Oc3cc(F)cc4scnc34)C2)n[nH]1. The number of anilines is 1. The number of nitrogens with zero attached hydrogens (tertiary/aromatic N) is 3. The third-order valence-electron chi connectivity index (χ3n) is 4.34. The van der Waals surface area contributed by atoms with Crippen LogP contribution in [0.15, 0.2) is 17.6 Å². The number of rotatable bonds is 7. The number of carbonyl (C=O) groups excluding carboxylic acids is 1. The van der Waals surface area contributed by atoms with Gasteiger partial charge in [0.2, 0.25) is 11.9 Å². The number of aromatic nitrogens is 4. The molecule has 0 atom stereocenters. The third-order valence-corrected chi connectivity index (χ3v) is 5.11. The minimum atomic E-state index is -0.358. The van der Waals surface area contributed by atoms with Gasteiger partial charge in [0.05, 0.1) is 10.2 Å². The van der Waals surface area contributed by atoms with Crippen LogP contribution in [0.1, 0.15) is 25.6 Å². The number of carbonyl (C=O) groups is 1. The number of fused-ring (bicyclic) bond motifs is 1. The van der Waals surface area contributed by atoms with Gasteiger partial charge in [-0.3, -0.25) is 15.2 Å². The molecule has 1 aromatic carbocycles. The molecule has 4 rings (SSSR count). The van der Waals surface area contributed by atoms with Gasteiger partial charge in [-0.25, -0.2) is 9.37 Å². The van der Waals surface area contributed by atoms with Gasteiger partial charge in [-0.2, -0.15) is 4.98 Å². The molecular formula is C17H18FN5O3S. The fourth-order valence-corrected chi connectivity index (χ4v) is 3.59. The number of ether oxygens (including phenoxy) is 2. The summed E-state index contributed by atoms with van der Waals surface area (Å²) in [7, 11) is 0.